The summed E-state index contributed by atoms with van der Waals surface area (Å²) in [6.07, 6.45) is 2.79. The van der Waals surface area contributed by atoms with Gasteiger partial charge >= 0.3 is 0 Å². The van der Waals surface area contributed by atoms with E-state index < -0.39 is 15.6 Å². The largest absolute Gasteiger partial charge is 0.372 e. The molecule has 1 amide bonds. The first-order valence-corrected chi connectivity index (χ1v) is 10.3. The molecule has 2 heterocycles. The van der Waals surface area contributed by atoms with Crippen molar-refractivity contribution in [2.75, 3.05) is 32.8 Å². The lowest BCUT2D eigenvalue weighted by molar-refractivity contribution is -0.0764. The molecule has 1 aromatic rings. The lowest BCUT2D eigenvalue weighted by atomic mass is 10.1. The standard InChI is InChI=1S/C18H26N2O4S/c1-18(2)14-19(12-13-24-18)17(21)15-8-4-5-9-16(15)25(22,23)20-10-6-3-7-11-20/h4-5,8-9H,3,6-7,10-14H2,1-2H3. The highest BCUT2D eigenvalue weighted by molar-refractivity contribution is 7.89. The minimum atomic E-state index is -3.65. The van der Waals surface area contributed by atoms with Crippen LogP contribution in [0.5, 0.6) is 0 Å². The third kappa shape index (κ3) is 3.88. The second-order valence-corrected chi connectivity index (χ2v) is 9.20. The molecule has 0 bridgehead atoms. The van der Waals surface area contributed by atoms with Crippen LogP contribution in [0.4, 0.5) is 0 Å². The third-order valence-corrected chi connectivity index (χ3v) is 6.72. The molecule has 0 saturated carbocycles. The predicted octanol–water partition coefficient (Wildman–Crippen LogP) is 2.11. The summed E-state index contributed by atoms with van der Waals surface area (Å²) in [6.45, 7) is 6.29. The van der Waals surface area contributed by atoms with Gasteiger partial charge in [0, 0.05) is 26.2 Å². The zero-order chi connectivity index (χ0) is 18.1. The maximum Gasteiger partial charge on any atom is 0.255 e. The highest BCUT2D eigenvalue weighted by atomic mass is 32.2. The van der Waals surface area contributed by atoms with E-state index in [2.05, 4.69) is 0 Å². The summed E-state index contributed by atoms with van der Waals surface area (Å²) >= 11 is 0. The molecule has 3 rings (SSSR count). The topological polar surface area (TPSA) is 66.9 Å². The van der Waals surface area contributed by atoms with Gasteiger partial charge in [-0.2, -0.15) is 4.31 Å². The number of amides is 1. The van der Waals surface area contributed by atoms with E-state index in [1.807, 2.05) is 13.8 Å². The molecule has 25 heavy (non-hydrogen) atoms. The molecule has 0 N–H and O–H groups in total. The first kappa shape index (κ1) is 18.4. The molecule has 2 aliphatic heterocycles. The fraction of sp³-hybridized carbons (Fsp3) is 0.611. The normalized spacial score (nSPS) is 21.9. The minimum Gasteiger partial charge on any atom is -0.372 e. The molecule has 0 radical (unpaired) electrons. The number of carbonyl (C=O) groups is 1. The van der Waals surface area contributed by atoms with E-state index in [1.165, 1.54) is 4.31 Å². The lowest BCUT2D eigenvalue weighted by Gasteiger charge is -2.38. The molecule has 0 aliphatic carbocycles. The number of nitrogens with zero attached hydrogens (tertiary/aromatic N) is 2. The molecule has 0 aromatic heterocycles. The summed E-state index contributed by atoms with van der Waals surface area (Å²) < 4.78 is 33.3. The molecule has 2 saturated heterocycles. The van der Waals surface area contributed by atoms with Crippen LogP contribution in [-0.4, -0.2) is 61.9 Å². The number of benzene rings is 1. The van der Waals surface area contributed by atoms with E-state index >= 15 is 0 Å². The van der Waals surface area contributed by atoms with Gasteiger partial charge in [0.1, 0.15) is 0 Å². The van der Waals surface area contributed by atoms with Gasteiger partial charge in [0.05, 0.1) is 22.7 Å². The number of piperidine rings is 1. The molecular formula is C18H26N2O4S. The molecular weight excluding hydrogens is 340 g/mol. The Hall–Kier alpha value is -1.44. The van der Waals surface area contributed by atoms with Gasteiger partial charge in [-0.3, -0.25) is 4.79 Å². The summed E-state index contributed by atoms with van der Waals surface area (Å²) in [5.41, 5.74) is -0.167. The maximum atomic E-state index is 13.1. The van der Waals surface area contributed by atoms with Crippen LogP contribution in [0.3, 0.4) is 0 Å². The molecule has 6 nitrogen and oxygen atoms in total. The van der Waals surface area contributed by atoms with Gasteiger partial charge in [-0.05, 0) is 38.8 Å². The van der Waals surface area contributed by atoms with Gasteiger partial charge in [0.25, 0.3) is 5.91 Å². The summed E-state index contributed by atoms with van der Waals surface area (Å²) in [7, 11) is -3.65. The summed E-state index contributed by atoms with van der Waals surface area (Å²) in [5.74, 6) is -0.243. The van der Waals surface area contributed by atoms with E-state index in [0.717, 1.165) is 19.3 Å². The van der Waals surface area contributed by atoms with Crippen LogP contribution < -0.4 is 0 Å². The molecule has 7 heteroatoms. The molecule has 138 valence electrons. The smallest absolute Gasteiger partial charge is 0.255 e. The van der Waals surface area contributed by atoms with Crippen molar-refractivity contribution in [3.05, 3.63) is 29.8 Å². The molecule has 2 fully saturated rings. The second kappa shape index (κ2) is 7.05. The predicted molar refractivity (Wildman–Crippen MR) is 95.0 cm³/mol. The van der Waals surface area contributed by atoms with Crippen molar-refractivity contribution in [3.8, 4) is 0 Å². The summed E-state index contributed by atoms with van der Waals surface area (Å²) in [4.78, 5) is 14.8. The van der Waals surface area contributed by atoms with E-state index in [-0.39, 0.29) is 16.4 Å². The maximum absolute atomic E-state index is 13.1. The van der Waals surface area contributed by atoms with E-state index in [9.17, 15) is 13.2 Å². The van der Waals surface area contributed by atoms with Crippen molar-refractivity contribution in [2.45, 2.75) is 43.6 Å². The third-order valence-electron chi connectivity index (χ3n) is 4.76. The Morgan fingerprint density at radius 1 is 1.08 bits per heavy atom. The molecule has 0 unspecified atom stereocenters. The first-order chi connectivity index (χ1) is 11.8. The van der Waals surface area contributed by atoms with Crippen molar-refractivity contribution >= 4 is 15.9 Å². The van der Waals surface area contributed by atoms with Crippen molar-refractivity contribution in [1.29, 1.82) is 0 Å². The van der Waals surface area contributed by atoms with Gasteiger partial charge in [-0.25, -0.2) is 8.42 Å². The lowest BCUT2D eigenvalue weighted by Crippen LogP contribution is -2.50. The Bertz CT molecular complexity index is 739. The van der Waals surface area contributed by atoms with Crippen LogP contribution in [0.15, 0.2) is 29.2 Å². The molecule has 2 aliphatic rings. The number of sulfonamides is 1. The second-order valence-electron chi connectivity index (χ2n) is 7.30. The first-order valence-electron chi connectivity index (χ1n) is 8.84. The van der Waals surface area contributed by atoms with Crippen LogP contribution in [0.25, 0.3) is 0 Å². The van der Waals surface area contributed by atoms with Crippen LogP contribution in [-0.2, 0) is 14.8 Å². The Morgan fingerprint density at radius 2 is 1.76 bits per heavy atom. The zero-order valence-electron chi connectivity index (χ0n) is 14.9. The van der Waals surface area contributed by atoms with Crippen molar-refractivity contribution in [2.24, 2.45) is 0 Å². The van der Waals surface area contributed by atoms with E-state index in [0.29, 0.717) is 32.8 Å². The van der Waals surface area contributed by atoms with Gasteiger partial charge in [-0.15, -0.1) is 0 Å². The van der Waals surface area contributed by atoms with Gasteiger partial charge in [-0.1, -0.05) is 18.6 Å². The van der Waals surface area contributed by atoms with Crippen LogP contribution in [0.2, 0.25) is 0 Å². The summed E-state index contributed by atoms with van der Waals surface area (Å²) in [5, 5.41) is 0. The average molecular weight is 366 g/mol. The summed E-state index contributed by atoms with van der Waals surface area (Å²) in [6, 6.07) is 6.55. The van der Waals surface area contributed by atoms with Gasteiger partial charge in [0.2, 0.25) is 10.0 Å². The molecule has 0 atom stereocenters. The zero-order valence-corrected chi connectivity index (χ0v) is 15.7. The Kier molecular flexibility index (Phi) is 5.18. The fourth-order valence-corrected chi connectivity index (χ4v) is 5.17. The van der Waals surface area contributed by atoms with Gasteiger partial charge in [0.15, 0.2) is 0 Å². The van der Waals surface area contributed by atoms with Crippen LogP contribution in [0, 0.1) is 0 Å². The number of hydrogen-bond donors (Lipinski definition) is 0. The Balaban J connectivity index is 1.92. The quantitative estimate of drug-likeness (QED) is 0.822. The SMILES string of the molecule is CC1(C)CN(C(=O)c2ccccc2S(=O)(=O)N2CCCCC2)CCO1. The van der Waals surface area contributed by atoms with Crippen molar-refractivity contribution < 1.29 is 17.9 Å². The Morgan fingerprint density at radius 3 is 2.44 bits per heavy atom. The van der Waals surface area contributed by atoms with Crippen molar-refractivity contribution in [1.82, 2.24) is 9.21 Å². The monoisotopic (exact) mass is 366 g/mol. The highest BCUT2D eigenvalue weighted by Gasteiger charge is 2.34. The average Bonchev–Trinajstić information content (AvgIpc) is 2.61. The number of morpholine rings is 1. The number of rotatable bonds is 3. The van der Waals surface area contributed by atoms with E-state index in [1.54, 1.807) is 29.2 Å². The number of hydrogen-bond acceptors (Lipinski definition) is 4. The van der Waals surface area contributed by atoms with Crippen LogP contribution in [0.1, 0.15) is 43.5 Å². The Labute approximate surface area is 149 Å². The number of ether oxygens (including phenoxy) is 1. The van der Waals surface area contributed by atoms with Crippen molar-refractivity contribution in [3.63, 3.8) is 0 Å². The molecule has 1 aromatic carbocycles. The highest BCUT2D eigenvalue weighted by Crippen LogP contribution is 2.26. The number of carbonyl (C=O) groups excluding carboxylic acids is 1. The van der Waals surface area contributed by atoms with E-state index in [4.69, 9.17) is 4.74 Å². The molecule has 0 spiro atoms. The van der Waals surface area contributed by atoms with Gasteiger partial charge < -0.3 is 9.64 Å². The fourth-order valence-electron chi connectivity index (χ4n) is 3.47. The minimum absolute atomic E-state index is 0.117. The van der Waals surface area contributed by atoms with Crippen LogP contribution >= 0.6 is 0 Å².